The highest BCUT2D eigenvalue weighted by Gasteiger charge is 2.05. The molecular formula is C9H15NO4. The van der Waals surface area contributed by atoms with Crippen LogP contribution in [0.4, 0.5) is 0 Å². The number of ketones is 1. The summed E-state index contributed by atoms with van der Waals surface area (Å²) in [6.07, 6.45) is 0.989. The summed E-state index contributed by atoms with van der Waals surface area (Å²) in [5.41, 5.74) is 0. The number of ether oxygens (including phenoxy) is 1. The third kappa shape index (κ3) is 7.27. The van der Waals surface area contributed by atoms with Gasteiger partial charge in [0.05, 0.1) is 13.7 Å². The minimum Gasteiger partial charge on any atom is -0.469 e. The van der Waals surface area contributed by atoms with Crippen molar-refractivity contribution in [2.75, 3.05) is 13.7 Å². The Labute approximate surface area is 82.8 Å². The topological polar surface area (TPSA) is 72.5 Å². The molecule has 1 N–H and O–H groups in total. The zero-order chi connectivity index (χ0) is 11.0. The van der Waals surface area contributed by atoms with Gasteiger partial charge in [0.1, 0.15) is 0 Å². The van der Waals surface area contributed by atoms with Crippen molar-refractivity contribution in [1.82, 2.24) is 5.32 Å². The summed E-state index contributed by atoms with van der Waals surface area (Å²) < 4.78 is 4.41. The van der Waals surface area contributed by atoms with E-state index in [1.807, 2.05) is 0 Å². The maximum Gasteiger partial charge on any atom is 0.305 e. The monoisotopic (exact) mass is 201 g/mol. The van der Waals surface area contributed by atoms with Crippen molar-refractivity contribution in [2.24, 2.45) is 0 Å². The lowest BCUT2D eigenvalue weighted by molar-refractivity contribution is -0.140. The Morgan fingerprint density at radius 3 is 2.36 bits per heavy atom. The molecule has 0 unspecified atom stereocenters. The summed E-state index contributed by atoms with van der Waals surface area (Å²) in [6.45, 7) is 1.39. The largest absolute Gasteiger partial charge is 0.469 e. The van der Waals surface area contributed by atoms with Crippen molar-refractivity contribution in [1.29, 1.82) is 0 Å². The summed E-state index contributed by atoms with van der Waals surface area (Å²) in [4.78, 5) is 32.1. The van der Waals surface area contributed by atoms with Gasteiger partial charge in [-0.1, -0.05) is 0 Å². The van der Waals surface area contributed by atoms with E-state index in [0.29, 0.717) is 6.42 Å². The molecule has 0 aromatic heterocycles. The van der Waals surface area contributed by atoms with Gasteiger partial charge in [-0.05, 0) is 6.42 Å². The van der Waals surface area contributed by atoms with Gasteiger partial charge in [-0.25, -0.2) is 0 Å². The van der Waals surface area contributed by atoms with Crippen molar-refractivity contribution >= 4 is 17.7 Å². The number of Topliss-reactive ketones (excluding diaryl/α,β-unsaturated/α-hetero) is 1. The van der Waals surface area contributed by atoms with Crippen molar-refractivity contribution in [2.45, 2.75) is 26.2 Å². The van der Waals surface area contributed by atoms with E-state index in [2.05, 4.69) is 10.1 Å². The smallest absolute Gasteiger partial charge is 0.305 e. The number of hydrogen-bond donors (Lipinski definition) is 1. The number of carbonyl (C=O) groups is 3. The molecule has 0 heterocycles. The van der Waals surface area contributed by atoms with Crippen LogP contribution in [0.2, 0.25) is 0 Å². The summed E-state index contributed by atoms with van der Waals surface area (Å²) in [5, 5.41) is 2.39. The molecule has 14 heavy (non-hydrogen) atoms. The third-order valence-corrected chi connectivity index (χ3v) is 1.60. The quantitative estimate of drug-likeness (QED) is 0.615. The molecule has 1 amide bonds. The van der Waals surface area contributed by atoms with Crippen molar-refractivity contribution in [3.05, 3.63) is 0 Å². The van der Waals surface area contributed by atoms with E-state index in [1.165, 1.54) is 14.0 Å². The lowest BCUT2D eigenvalue weighted by Crippen LogP contribution is -2.27. The SMILES string of the molecule is COC(=O)CCCC(=O)CNC(C)=O. The molecule has 80 valence electrons. The Bertz CT molecular complexity index is 225. The van der Waals surface area contributed by atoms with E-state index in [-0.39, 0.29) is 37.0 Å². The van der Waals surface area contributed by atoms with Crippen LogP contribution in [0.15, 0.2) is 0 Å². The summed E-state index contributed by atoms with van der Waals surface area (Å²) in [6, 6.07) is 0. The molecule has 0 aliphatic carbocycles. The van der Waals surface area contributed by atoms with E-state index in [9.17, 15) is 14.4 Å². The summed E-state index contributed by atoms with van der Waals surface area (Å²) in [7, 11) is 1.31. The zero-order valence-corrected chi connectivity index (χ0v) is 8.46. The van der Waals surface area contributed by atoms with Crippen LogP contribution in [0.5, 0.6) is 0 Å². The average molecular weight is 201 g/mol. The maximum atomic E-state index is 11.1. The Hall–Kier alpha value is -1.39. The first-order chi connectivity index (χ1) is 6.56. The molecule has 0 aliphatic rings. The van der Waals surface area contributed by atoms with E-state index in [4.69, 9.17) is 0 Å². The van der Waals surface area contributed by atoms with Crippen molar-refractivity contribution in [3.8, 4) is 0 Å². The second kappa shape index (κ2) is 7.06. The molecule has 0 bridgehead atoms. The van der Waals surface area contributed by atoms with Crippen LogP contribution in [0.1, 0.15) is 26.2 Å². The number of hydrogen-bond acceptors (Lipinski definition) is 4. The lowest BCUT2D eigenvalue weighted by atomic mass is 10.2. The highest BCUT2D eigenvalue weighted by atomic mass is 16.5. The predicted octanol–water partition coefficient (Wildman–Crippen LogP) is 0.0349. The molecule has 0 saturated heterocycles. The van der Waals surface area contributed by atoms with Crippen molar-refractivity contribution in [3.63, 3.8) is 0 Å². The fourth-order valence-corrected chi connectivity index (χ4v) is 0.843. The van der Waals surface area contributed by atoms with E-state index < -0.39 is 0 Å². The minimum absolute atomic E-state index is 0.0382. The highest BCUT2D eigenvalue weighted by molar-refractivity contribution is 5.85. The second-order valence-electron chi connectivity index (χ2n) is 2.88. The molecule has 5 nitrogen and oxygen atoms in total. The van der Waals surface area contributed by atoms with Crippen LogP contribution < -0.4 is 5.32 Å². The molecule has 0 aromatic carbocycles. The number of rotatable bonds is 6. The third-order valence-electron chi connectivity index (χ3n) is 1.60. The standard InChI is InChI=1S/C9H15NO4/c1-7(11)10-6-8(12)4-3-5-9(13)14-2/h3-6H2,1-2H3,(H,10,11). The van der Waals surface area contributed by atoms with Crippen LogP contribution in [-0.4, -0.2) is 31.3 Å². The maximum absolute atomic E-state index is 11.1. The van der Waals surface area contributed by atoms with Gasteiger partial charge in [0.25, 0.3) is 0 Å². The number of nitrogens with one attached hydrogen (secondary N) is 1. The molecule has 0 saturated carbocycles. The zero-order valence-electron chi connectivity index (χ0n) is 8.46. The number of amides is 1. The molecular weight excluding hydrogens is 186 g/mol. The van der Waals surface area contributed by atoms with Gasteiger partial charge in [0.15, 0.2) is 5.78 Å². The first-order valence-corrected chi connectivity index (χ1v) is 4.39. The fourth-order valence-electron chi connectivity index (χ4n) is 0.843. The van der Waals surface area contributed by atoms with Gasteiger partial charge < -0.3 is 10.1 Å². The number of methoxy groups -OCH3 is 1. The normalized spacial score (nSPS) is 9.29. The highest BCUT2D eigenvalue weighted by Crippen LogP contribution is 1.97. The van der Waals surface area contributed by atoms with Crippen LogP contribution in [0.25, 0.3) is 0 Å². The van der Waals surface area contributed by atoms with Gasteiger partial charge >= 0.3 is 5.97 Å². The van der Waals surface area contributed by atoms with Gasteiger partial charge in [0, 0.05) is 19.8 Å². The molecule has 0 fully saturated rings. The number of esters is 1. The molecule has 5 heteroatoms. The van der Waals surface area contributed by atoms with Gasteiger partial charge in [0.2, 0.25) is 5.91 Å². The molecule has 0 radical (unpaired) electrons. The van der Waals surface area contributed by atoms with Gasteiger partial charge in [-0.2, -0.15) is 0 Å². The Kier molecular flexibility index (Phi) is 6.36. The van der Waals surface area contributed by atoms with Crippen LogP contribution in [0.3, 0.4) is 0 Å². The fraction of sp³-hybridized carbons (Fsp3) is 0.667. The first kappa shape index (κ1) is 12.6. The van der Waals surface area contributed by atoms with E-state index >= 15 is 0 Å². The Morgan fingerprint density at radius 1 is 1.21 bits per heavy atom. The molecule has 0 spiro atoms. The summed E-state index contributed by atoms with van der Waals surface area (Å²) >= 11 is 0. The summed E-state index contributed by atoms with van der Waals surface area (Å²) in [5.74, 6) is -0.632. The molecule has 0 aliphatic heterocycles. The first-order valence-electron chi connectivity index (χ1n) is 4.39. The molecule has 0 aromatic rings. The Balaban J connectivity index is 3.45. The molecule has 0 atom stereocenters. The number of carbonyl (C=O) groups excluding carboxylic acids is 3. The van der Waals surface area contributed by atoms with Gasteiger partial charge in [-0.15, -0.1) is 0 Å². The molecule has 0 rings (SSSR count). The predicted molar refractivity (Wildman–Crippen MR) is 49.6 cm³/mol. The van der Waals surface area contributed by atoms with Gasteiger partial charge in [-0.3, -0.25) is 14.4 Å². The van der Waals surface area contributed by atoms with Crippen LogP contribution in [0, 0.1) is 0 Å². The van der Waals surface area contributed by atoms with Crippen LogP contribution >= 0.6 is 0 Å². The average Bonchev–Trinajstić information content (AvgIpc) is 2.14. The van der Waals surface area contributed by atoms with Crippen LogP contribution in [-0.2, 0) is 19.1 Å². The minimum atomic E-state index is -0.322. The second-order valence-corrected chi connectivity index (χ2v) is 2.88. The Morgan fingerprint density at radius 2 is 1.86 bits per heavy atom. The van der Waals surface area contributed by atoms with E-state index in [1.54, 1.807) is 0 Å². The van der Waals surface area contributed by atoms with E-state index in [0.717, 1.165) is 0 Å². The van der Waals surface area contributed by atoms with Crippen molar-refractivity contribution < 1.29 is 19.1 Å². The lowest BCUT2D eigenvalue weighted by Gasteiger charge is -2.01.